The summed E-state index contributed by atoms with van der Waals surface area (Å²) in [7, 11) is 2.88. The fourth-order valence-electron chi connectivity index (χ4n) is 3.27. The van der Waals surface area contributed by atoms with Crippen LogP contribution in [-0.2, 0) is 9.63 Å². The van der Waals surface area contributed by atoms with E-state index < -0.39 is 35.5 Å². The zero-order valence-electron chi connectivity index (χ0n) is 18.7. The van der Waals surface area contributed by atoms with Crippen molar-refractivity contribution in [3.8, 4) is 11.5 Å². The molecule has 0 spiro atoms. The summed E-state index contributed by atoms with van der Waals surface area (Å²) >= 11 is 6.00. The third-order valence-corrected chi connectivity index (χ3v) is 5.24. The predicted octanol–water partition coefficient (Wildman–Crippen LogP) is 3.89. The molecule has 0 aliphatic rings. The van der Waals surface area contributed by atoms with Gasteiger partial charge in [-0.3, -0.25) is 4.79 Å². The summed E-state index contributed by atoms with van der Waals surface area (Å²) in [6.07, 6.45) is 1.30. The molecule has 8 nitrogen and oxygen atoms in total. The third-order valence-electron chi connectivity index (χ3n) is 4.99. The SMILES string of the molecule is COc1ccnc(C(=O)N[C@@H](C)C(=O)ON(C)C(c2ccc(F)cc2)c2ccc(Cl)cc2)c1O. The van der Waals surface area contributed by atoms with Gasteiger partial charge in [0.25, 0.3) is 5.91 Å². The largest absolute Gasteiger partial charge is 0.503 e. The molecule has 1 amide bonds. The summed E-state index contributed by atoms with van der Waals surface area (Å²) in [6.45, 7) is 1.43. The number of nitrogens with one attached hydrogen (secondary N) is 1. The molecule has 0 aliphatic carbocycles. The quantitative estimate of drug-likeness (QED) is 0.465. The minimum Gasteiger partial charge on any atom is -0.503 e. The normalized spacial score (nSPS) is 12.6. The van der Waals surface area contributed by atoms with Gasteiger partial charge in [-0.2, -0.15) is 0 Å². The molecule has 1 unspecified atom stereocenters. The second kappa shape index (κ2) is 11.0. The number of carbonyl (C=O) groups excluding carboxylic acids is 2. The van der Waals surface area contributed by atoms with Crippen LogP contribution in [0.1, 0.15) is 34.6 Å². The average Bonchev–Trinajstić information content (AvgIpc) is 2.81. The van der Waals surface area contributed by atoms with E-state index in [9.17, 15) is 19.1 Å². The molecule has 0 saturated carbocycles. The molecular weight excluding hydrogens is 465 g/mol. The van der Waals surface area contributed by atoms with E-state index in [1.807, 2.05) is 0 Å². The highest BCUT2D eigenvalue weighted by atomic mass is 35.5. The van der Waals surface area contributed by atoms with Crippen molar-refractivity contribution in [3.05, 3.63) is 88.5 Å². The van der Waals surface area contributed by atoms with E-state index in [0.29, 0.717) is 10.6 Å². The van der Waals surface area contributed by atoms with E-state index in [2.05, 4.69) is 10.3 Å². The lowest BCUT2D eigenvalue weighted by Crippen LogP contribution is -2.42. The number of ether oxygens (including phenoxy) is 1. The summed E-state index contributed by atoms with van der Waals surface area (Å²) in [5, 5.41) is 14.4. The lowest BCUT2D eigenvalue weighted by molar-refractivity contribution is -0.193. The zero-order valence-corrected chi connectivity index (χ0v) is 19.4. The Morgan fingerprint density at radius 3 is 2.26 bits per heavy atom. The molecule has 1 aromatic heterocycles. The minimum atomic E-state index is -1.08. The van der Waals surface area contributed by atoms with E-state index in [4.69, 9.17) is 21.2 Å². The van der Waals surface area contributed by atoms with Crippen LogP contribution in [0.4, 0.5) is 4.39 Å². The smallest absolute Gasteiger partial charge is 0.347 e. The maximum absolute atomic E-state index is 13.5. The van der Waals surface area contributed by atoms with Crippen LogP contribution >= 0.6 is 11.6 Å². The molecule has 178 valence electrons. The first kappa shape index (κ1) is 24.9. The minimum absolute atomic E-state index is 0.0696. The molecule has 3 rings (SSSR count). The van der Waals surface area contributed by atoms with Gasteiger partial charge in [0.2, 0.25) is 0 Å². The first-order valence-corrected chi connectivity index (χ1v) is 10.6. The van der Waals surface area contributed by atoms with Crippen LogP contribution in [0.3, 0.4) is 0 Å². The number of hydrogen-bond acceptors (Lipinski definition) is 7. The van der Waals surface area contributed by atoms with Crippen molar-refractivity contribution in [2.24, 2.45) is 0 Å². The second-order valence-corrected chi connectivity index (χ2v) is 7.80. The number of pyridine rings is 1. The molecule has 3 aromatic rings. The van der Waals surface area contributed by atoms with Crippen LogP contribution in [0.5, 0.6) is 11.5 Å². The molecule has 0 radical (unpaired) electrons. The Balaban J connectivity index is 1.76. The van der Waals surface area contributed by atoms with Crippen molar-refractivity contribution >= 4 is 23.5 Å². The summed E-state index contributed by atoms with van der Waals surface area (Å²) in [6, 6.07) is 12.4. The van der Waals surface area contributed by atoms with Gasteiger partial charge in [-0.15, -0.1) is 5.06 Å². The molecule has 1 heterocycles. The molecule has 2 aromatic carbocycles. The van der Waals surface area contributed by atoms with E-state index >= 15 is 0 Å². The zero-order chi connectivity index (χ0) is 24.8. The van der Waals surface area contributed by atoms with Crippen molar-refractivity contribution < 1.29 is 28.7 Å². The number of benzene rings is 2. The van der Waals surface area contributed by atoms with E-state index in [1.54, 1.807) is 43.4 Å². The van der Waals surface area contributed by atoms with Crippen LogP contribution in [0, 0.1) is 5.82 Å². The predicted molar refractivity (Wildman–Crippen MR) is 123 cm³/mol. The summed E-state index contributed by atoms with van der Waals surface area (Å²) in [5.74, 6) is -2.32. The maximum Gasteiger partial charge on any atom is 0.347 e. The highest BCUT2D eigenvalue weighted by Crippen LogP contribution is 2.30. The first-order chi connectivity index (χ1) is 16.2. The standard InChI is InChI=1S/C24H23ClFN3O5/c1-14(28-23(31)20-22(30)19(33-3)12-13-27-20)24(32)34-29(2)21(15-4-8-17(25)9-5-15)16-6-10-18(26)11-7-16/h4-14,21,30H,1-3H3,(H,28,31)/t14-,21?/m0/s1. The molecule has 0 bridgehead atoms. The fourth-order valence-corrected chi connectivity index (χ4v) is 3.39. The number of hydroxylamine groups is 2. The Bertz CT molecular complexity index is 1110. The molecule has 0 saturated heterocycles. The molecule has 2 N–H and O–H groups in total. The Kier molecular flexibility index (Phi) is 8.04. The monoisotopic (exact) mass is 487 g/mol. The molecular formula is C24H23ClFN3O5. The van der Waals surface area contributed by atoms with Gasteiger partial charge in [0.1, 0.15) is 11.9 Å². The van der Waals surface area contributed by atoms with Crippen LogP contribution in [-0.4, -0.2) is 47.2 Å². The van der Waals surface area contributed by atoms with E-state index in [-0.39, 0.29) is 11.4 Å². The topological polar surface area (TPSA) is 101 Å². The van der Waals surface area contributed by atoms with Gasteiger partial charge >= 0.3 is 5.97 Å². The number of methoxy groups -OCH3 is 1. The van der Waals surface area contributed by atoms with Crippen molar-refractivity contribution in [2.75, 3.05) is 14.2 Å². The Morgan fingerprint density at radius 1 is 1.09 bits per heavy atom. The number of aromatic hydroxyl groups is 1. The number of carbonyl (C=O) groups is 2. The fraction of sp³-hybridized carbons (Fsp3) is 0.208. The second-order valence-electron chi connectivity index (χ2n) is 7.37. The van der Waals surface area contributed by atoms with Crippen molar-refractivity contribution in [1.82, 2.24) is 15.4 Å². The molecule has 0 fully saturated rings. The van der Waals surface area contributed by atoms with Gasteiger partial charge < -0.3 is 20.0 Å². The third kappa shape index (κ3) is 5.81. The Labute approximate surface area is 200 Å². The van der Waals surface area contributed by atoms with Gasteiger partial charge in [-0.05, 0) is 42.3 Å². The van der Waals surface area contributed by atoms with Gasteiger partial charge in [-0.25, -0.2) is 14.2 Å². The maximum atomic E-state index is 13.5. The number of amides is 1. The summed E-state index contributed by atoms with van der Waals surface area (Å²) in [4.78, 5) is 34.6. The van der Waals surface area contributed by atoms with Crippen LogP contribution in [0.25, 0.3) is 0 Å². The number of nitrogens with zero attached hydrogens (tertiary/aromatic N) is 2. The molecule has 2 atom stereocenters. The lowest BCUT2D eigenvalue weighted by atomic mass is 9.98. The average molecular weight is 488 g/mol. The summed E-state index contributed by atoms with van der Waals surface area (Å²) in [5.41, 5.74) is 1.12. The Hall–Kier alpha value is -3.69. The molecule has 10 heteroatoms. The van der Waals surface area contributed by atoms with Crippen molar-refractivity contribution in [1.29, 1.82) is 0 Å². The first-order valence-electron chi connectivity index (χ1n) is 10.2. The van der Waals surface area contributed by atoms with Gasteiger partial charge in [-0.1, -0.05) is 35.9 Å². The van der Waals surface area contributed by atoms with Crippen LogP contribution < -0.4 is 10.1 Å². The van der Waals surface area contributed by atoms with E-state index in [0.717, 1.165) is 5.56 Å². The van der Waals surface area contributed by atoms with Gasteiger partial charge in [0.05, 0.1) is 13.2 Å². The molecule has 34 heavy (non-hydrogen) atoms. The highest BCUT2D eigenvalue weighted by molar-refractivity contribution is 6.30. The number of hydrogen-bond donors (Lipinski definition) is 2. The number of halogens is 2. The van der Waals surface area contributed by atoms with Crippen molar-refractivity contribution in [3.63, 3.8) is 0 Å². The van der Waals surface area contributed by atoms with Gasteiger partial charge in [0, 0.05) is 24.3 Å². The van der Waals surface area contributed by atoms with Gasteiger partial charge in [0.15, 0.2) is 17.2 Å². The lowest BCUT2D eigenvalue weighted by Gasteiger charge is -2.28. The van der Waals surface area contributed by atoms with Crippen LogP contribution in [0.15, 0.2) is 60.8 Å². The number of rotatable bonds is 8. The van der Waals surface area contributed by atoms with E-state index in [1.165, 1.54) is 43.5 Å². The van der Waals surface area contributed by atoms with Crippen molar-refractivity contribution in [2.45, 2.75) is 19.0 Å². The molecule has 0 aliphatic heterocycles. The highest BCUT2D eigenvalue weighted by Gasteiger charge is 2.27. The summed E-state index contributed by atoms with van der Waals surface area (Å²) < 4.78 is 18.4. The number of aromatic nitrogens is 1. The Morgan fingerprint density at radius 2 is 1.68 bits per heavy atom. The van der Waals surface area contributed by atoms with Crippen LogP contribution in [0.2, 0.25) is 5.02 Å².